The summed E-state index contributed by atoms with van der Waals surface area (Å²) in [7, 11) is 1.32. The topological polar surface area (TPSA) is 47.4 Å². The van der Waals surface area contributed by atoms with Crippen LogP contribution < -0.4 is 4.90 Å². The van der Waals surface area contributed by atoms with Crippen molar-refractivity contribution in [3.8, 4) is 0 Å². The van der Waals surface area contributed by atoms with Gasteiger partial charge in [-0.2, -0.15) is 13.2 Å². The Morgan fingerprint density at radius 1 is 1.38 bits per heavy atom. The average Bonchev–Trinajstić information content (AvgIpc) is 3.12. The smallest absolute Gasteiger partial charge is 0.406 e. The monoisotopic (exact) mass is 339 g/mol. The van der Waals surface area contributed by atoms with Gasteiger partial charge in [-0.15, -0.1) is 0 Å². The number of nitrogens with zero attached hydrogens (tertiary/aromatic N) is 3. The van der Waals surface area contributed by atoms with Crippen LogP contribution in [0.4, 0.5) is 18.9 Å². The molecule has 0 saturated carbocycles. The summed E-state index contributed by atoms with van der Waals surface area (Å²) in [5, 5.41) is 0. The van der Waals surface area contributed by atoms with E-state index in [0.717, 1.165) is 22.2 Å². The first-order chi connectivity index (χ1) is 11.4. The van der Waals surface area contributed by atoms with Crippen LogP contribution in [0, 0.1) is 0 Å². The molecule has 128 valence electrons. The van der Waals surface area contributed by atoms with E-state index in [1.165, 1.54) is 19.5 Å². The summed E-state index contributed by atoms with van der Waals surface area (Å²) in [6, 6.07) is 5.22. The van der Waals surface area contributed by atoms with Gasteiger partial charge in [0.05, 0.1) is 19.2 Å². The molecule has 2 heterocycles. The number of anilines is 1. The number of hydrogen-bond acceptors (Lipinski definition) is 4. The average molecular weight is 339 g/mol. The maximum absolute atomic E-state index is 12.6. The molecular formula is C16H16F3N3O2. The molecule has 3 rings (SSSR count). The molecule has 2 aromatic rings. The summed E-state index contributed by atoms with van der Waals surface area (Å²) in [6.45, 7) is -0.100. The van der Waals surface area contributed by atoms with Crippen LogP contribution in [0.5, 0.6) is 0 Å². The number of carbonyl (C=O) groups excluding carboxylic acids is 1. The van der Waals surface area contributed by atoms with E-state index in [1.54, 1.807) is 18.2 Å². The maximum Gasteiger partial charge on any atom is 0.406 e. The molecule has 0 aliphatic carbocycles. The molecule has 8 heteroatoms. The van der Waals surface area contributed by atoms with Gasteiger partial charge >= 0.3 is 12.1 Å². The van der Waals surface area contributed by atoms with E-state index in [9.17, 15) is 18.0 Å². The SMILES string of the molecule is COC(=O)c1ccc2c(c1)CCN2Cc1nccn1CC(F)(F)F. The van der Waals surface area contributed by atoms with Crippen LogP contribution in [-0.4, -0.2) is 35.4 Å². The molecule has 1 aromatic heterocycles. The third kappa shape index (κ3) is 3.37. The van der Waals surface area contributed by atoms with E-state index in [-0.39, 0.29) is 6.54 Å². The number of carbonyl (C=O) groups is 1. The molecule has 1 aromatic carbocycles. The molecule has 24 heavy (non-hydrogen) atoms. The summed E-state index contributed by atoms with van der Waals surface area (Å²) in [6.07, 6.45) is -0.855. The quantitative estimate of drug-likeness (QED) is 0.804. The molecule has 5 nitrogen and oxygen atoms in total. The number of alkyl halides is 3. The molecule has 1 aliphatic rings. The highest BCUT2D eigenvalue weighted by Crippen LogP contribution is 2.30. The van der Waals surface area contributed by atoms with E-state index in [4.69, 9.17) is 4.74 Å². The standard InChI is InChI=1S/C16H16F3N3O2/c1-24-15(23)12-2-3-13-11(8-12)4-6-21(13)9-14-20-5-7-22(14)10-16(17,18)19/h2-3,5,7-8H,4,6,9-10H2,1H3. The number of rotatable bonds is 4. The minimum absolute atomic E-state index is 0.285. The molecule has 1 aliphatic heterocycles. The zero-order chi connectivity index (χ0) is 17.3. The minimum Gasteiger partial charge on any atom is -0.465 e. The van der Waals surface area contributed by atoms with Crippen LogP contribution in [0.15, 0.2) is 30.6 Å². The van der Waals surface area contributed by atoms with Gasteiger partial charge in [0, 0.05) is 24.6 Å². The van der Waals surface area contributed by atoms with Crippen molar-refractivity contribution in [1.82, 2.24) is 9.55 Å². The van der Waals surface area contributed by atoms with Crippen LogP contribution in [0.1, 0.15) is 21.7 Å². The Morgan fingerprint density at radius 2 is 2.17 bits per heavy atom. The lowest BCUT2D eigenvalue weighted by molar-refractivity contribution is -0.141. The summed E-state index contributed by atoms with van der Waals surface area (Å²) < 4.78 is 43.6. The molecule has 0 bridgehead atoms. The van der Waals surface area contributed by atoms with Crippen LogP contribution in [0.2, 0.25) is 0 Å². The number of imidazole rings is 1. The lowest BCUT2D eigenvalue weighted by Gasteiger charge is -2.20. The number of aromatic nitrogens is 2. The lowest BCUT2D eigenvalue weighted by atomic mass is 10.1. The summed E-state index contributed by atoms with van der Waals surface area (Å²) >= 11 is 0. The molecule has 0 atom stereocenters. The van der Waals surface area contributed by atoms with E-state index < -0.39 is 18.7 Å². The molecule has 0 amide bonds. The summed E-state index contributed by atoms with van der Waals surface area (Å²) in [5.41, 5.74) is 2.35. The predicted octanol–water partition coefficient (Wildman–Crippen LogP) is 2.79. The van der Waals surface area contributed by atoms with Gasteiger partial charge in [0.1, 0.15) is 12.4 Å². The van der Waals surface area contributed by atoms with Crippen LogP contribution in [0.3, 0.4) is 0 Å². The highest BCUT2D eigenvalue weighted by Gasteiger charge is 2.29. The van der Waals surface area contributed by atoms with Gasteiger partial charge in [0.2, 0.25) is 0 Å². The highest BCUT2D eigenvalue weighted by molar-refractivity contribution is 5.90. The second-order valence-electron chi connectivity index (χ2n) is 5.59. The first kappa shape index (κ1) is 16.4. The molecule has 0 radical (unpaired) electrons. The number of hydrogen-bond donors (Lipinski definition) is 0. The van der Waals surface area contributed by atoms with Gasteiger partial charge in [-0.05, 0) is 30.2 Å². The van der Waals surface area contributed by atoms with E-state index >= 15 is 0 Å². The van der Waals surface area contributed by atoms with Crippen molar-refractivity contribution in [1.29, 1.82) is 0 Å². The van der Waals surface area contributed by atoms with Gasteiger partial charge in [0.15, 0.2) is 0 Å². The third-order valence-corrected chi connectivity index (χ3v) is 3.98. The molecule has 0 fully saturated rings. The van der Waals surface area contributed by atoms with Crippen molar-refractivity contribution in [2.45, 2.75) is 25.7 Å². The molecule has 0 N–H and O–H groups in total. The van der Waals surface area contributed by atoms with Gasteiger partial charge in [-0.1, -0.05) is 0 Å². The normalized spacial score (nSPS) is 13.9. The molecule has 0 unspecified atom stereocenters. The van der Waals surface area contributed by atoms with Crippen molar-refractivity contribution >= 4 is 11.7 Å². The fourth-order valence-corrected chi connectivity index (χ4v) is 2.88. The van der Waals surface area contributed by atoms with Crippen LogP contribution in [-0.2, 0) is 24.2 Å². The van der Waals surface area contributed by atoms with Crippen molar-refractivity contribution in [2.24, 2.45) is 0 Å². The second kappa shape index (κ2) is 6.18. The highest BCUT2D eigenvalue weighted by atomic mass is 19.4. The third-order valence-electron chi connectivity index (χ3n) is 3.98. The Hall–Kier alpha value is -2.51. The molecule has 0 saturated heterocycles. The van der Waals surface area contributed by atoms with Gasteiger partial charge in [0.25, 0.3) is 0 Å². The van der Waals surface area contributed by atoms with Crippen molar-refractivity contribution in [2.75, 3.05) is 18.6 Å². The fourth-order valence-electron chi connectivity index (χ4n) is 2.88. The minimum atomic E-state index is -4.28. The van der Waals surface area contributed by atoms with Crippen molar-refractivity contribution in [3.63, 3.8) is 0 Å². The van der Waals surface area contributed by atoms with E-state index in [0.29, 0.717) is 17.9 Å². The largest absolute Gasteiger partial charge is 0.465 e. The number of methoxy groups -OCH3 is 1. The Bertz CT molecular complexity index is 755. The van der Waals surface area contributed by atoms with E-state index in [1.807, 2.05) is 4.90 Å². The van der Waals surface area contributed by atoms with Gasteiger partial charge in [-0.3, -0.25) is 0 Å². The predicted molar refractivity (Wildman–Crippen MR) is 80.8 cm³/mol. The molecular weight excluding hydrogens is 323 g/mol. The summed E-state index contributed by atoms with van der Waals surface area (Å²) in [5.74, 6) is -0.0470. The number of benzene rings is 1. The zero-order valence-electron chi connectivity index (χ0n) is 13.0. The van der Waals surface area contributed by atoms with E-state index in [2.05, 4.69) is 4.98 Å². The second-order valence-corrected chi connectivity index (χ2v) is 5.59. The number of fused-ring (bicyclic) bond motifs is 1. The number of esters is 1. The first-order valence-corrected chi connectivity index (χ1v) is 7.40. The Morgan fingerprint density at radius 3 is 2.88 bits per heavy atom. The van der Waals surface area contributed by atoms with Crippen LogP contribution >= 0.6 is 0 Å². The number of halogens is 3. The Balaban J connectivity index is 1.78. The van der Waals surface area contributed by atoms with Crippen molar-refractivity contribution in [3.05, 3.63) is 47.5 Å². The Labute approximate surface area is 136 Å². The lowest BCUT2D eigenvalue weighted by Crippen LogP contribution is -2.25. The van der Waals surface area contributed by atoms with Crippen molar-refractivity contribution < 1.29 is 22.7 Å². The number of ether oxygens (including phenoxy) is 1. The maximum atomic E-state index is 12.6. The first-order valence-electron chi connectivity index (χ1n) is 7.40. The zero-order valence-corrected chi connectivity index (χ0v) is 13.0. The Kier molecular flexibility index (Phi) is 4.21. The fraction of sp³-hybridized carbons (Fsp3) is 0.375. The van der Waals surface area contributed by atoms with Crippen LogP contribution in [0.25, 0.3) is 0 Å². The van der Waals surface area contributed by atoms with Gasteiger partial charge in [-0.25, -0.2) is 9.78 Å². The van der Waals surface area contributed by atoms with Gasteiger partial charge < -0.3 is 14.2 Å². The summed E-state index contributed by atoms with van der Waals surface area (Å²) in [4.78, 5) is 17.6. The molecule has 0 spiro atoms.